The standard InChI is InChI=1S/C15H22O4/c1-8-9(2)12-5-10(8)6-13(12)15(17)18-7-11-3-4-14(16)19-11/h8-13H,3-7H2,1-2H3. The number of hydrogen-bond donors (Lipinski definition) is 0. The van der Waals surface area contributed by atoms with Gasteiger partial charge in [-0.25, -0.2) is 0 Å². The Labute approximate surface area is 113 Å². The molecule has 0 aromatic carbocycles. The first-order valence-electron chi connectivity index (χ1n) is 7.42. The third-order valence-corrected chi connectivity index (χ3v) is 5.58. The van der Waals surface area contributed by atoms with Crippen molar-refractivity contribution in [2.45, 2.75) is 45.6 Å². The average Bonchev–Trinajstić information content (AvgIpc) is 3.05. The van der Waals surface area contributed by atoms with E-state index >= 15 is 0 Å². The fourth-order valence-corrected chi connectivity index (χ4v) is 4.19. The molecule has 3 aliphatic rings. The SMILES string of the molecule is CC1C2CC(C(=O)OCC3CCC(=O)O3)C(C2)C1C. The molecule has 2 saturated carbocycles. The van der Waals surface area contributed by atoms with Gasteiger partial charge in [-0.05, 0) is 42.9 Å². The Bertz CT molecular complexity index is 390. The highest BCUT2D eigenvalue weighted by Crippen LogP contribution is 2.55. The highest BCUT2D eigenvalue weighted by Gasteiger charge is 2.51. The molecule has 0 aromatic heterocycles. The Balaban J connectivity index is 1.51. The van der Waals surface area contributed by atoms with Crippen molar-refractivity contribution in [1.29, 1.82) is 0 Å². The smallest absolute Gasteiger partial charge is 0.309 e. The van der Waals surface area contributed by atoms with Crippen molar-refractivity contribution in [1.82, 2.24) is 0 Å². The van der Waals surface area contributed by atoms with Crippen LogP contribution < -0.4 is 0 Å². The van der Waals surface area contributed by atoms with Gasteiger partial charge in [-0.3, -0.25) is 9.59 Å². The number of carbonyl (C=O) groups excluding carboxylic acids is 2. The van der Waals surface area contributed by atoms with E-state index in [9.17, 15) is 9.59 Å². The molecule has 19 heavy (non-hydrogen) atoms. The zero-order chi connectivity index (χ0) is 13.6. The molecule has 0 amide bonds. The first-order chi connectivity index (χ1) is 9.06. The van der Waals surface area contributed by atoms with Gasteiger partial charge in [0.15, 0.2) is 0 Å². The first-order valence-corrected chi connectivity index (χ1v) is 7.42. The van der Waals surface area contributed by atoms with Crippen LogP contribution in [0.2, 0.25) is 0 Å². The monoisotopic (exact) mass is 266 g/mol. The molecule has 4 nitrogen and oxygen atoms in total. The molecule has 0 radical (unpaired) electrons. The molecule has 0 spiro atoms. The van der Waals surface area contributed by atoms with Crippen LogP contribution in [0.25, 0.3) is 0 Å². The summed E-state index contributed by atoms with van der Waals surface area (Å²) in [6, 6.07) is 0. The second-order valence-corrected chi connectivity index (χ2v) is 6.50. The van der Waals surface area contributed by atoms with E-state index in [1.807, 2.05) is 0 Å². The van der Waals surface area contributed by atoms with Gasteiger partial charge in [-0.1, -0.05) is 13.8 Å². The third-order valence-electron chi connectivity index (χ3n) is 5.58. The summed E-state index contributed by atoms with van der Waals surface area (Å²) in [5.74, 6) is 2.39. The van der Waals surface area contributed by atoms with E-state index in [0.717, 1.165) is 12.3 Å². The van der Waals surface area contributed by atoms with E-state index in [1.54, 1.807) is 0 Å². The van der Waals surface area contributed by atoms with Gasteiger partial charge in [0.25, 0.3) is 0 Å². The molecule has 4 heteroatoms. The summed E-state index contributed by atoms with van der Waals surface area (Å²) >= 11 is 0. The van der Waals surface area contributed by atoms with Crippen molar-refractivity contribution in [2.75, 3.05) is 6.61 Å². The molecule has 6 unspecified atom stereocenters. The summed E-state index contributed by atoms with van der Waals surface area (Å²) in [6.45, 7) is 4.80. The lowest BCUT2D eigenvalue weighted by atomic mass is 9.76. The molecule has 6 atom stereocenters. The normalized spacial score (nSPS) is 44.4. The van der Waals surface area contributed by atoms with E-state index in [4.69, 9.17) is 9.47 Å². The summed E-state index contributed by atoms with van der Waals surface area (Å²) in [7, 11) is 0. The first kappa shape index (κ1) is 12.9. The number of esters is 2. The lowest BCUT2D eigenvalue weighted by molar-refractivity contribution is -0.158. The van der Waals surface area contributed by atoms with Gasteiger partial charge < -0.3 is 9.47 Å². The van der Waals surface area contributed by atoms with Crippen molar-refractivity contribution < 1.29 is 19.1 Å². The van der Waals surface area contributed by atoms with Gasteiger partial charge in [0.05, 0.1) is 5.92 Å². The van der Waals surface area contributed by atoms with E-state index in [2.05, 4.69) is 13.8 Å². The van der Waals surface area contributed by atoms with Crippen molar-refractivity contribution in [2.24, 2.45) is 29.6 Å². The van der Waals surface area contributed by atoms with Gasteiger partial charge in [0.1, 0.15) is 12.7 Å². The van der Waals surface area contributed by atoms with E-state index in [-0.39, 0.29) is 30.6 Å². The molecule has 2 bridgehead atoms. The number of hydrogen-bond acceptors (Lipinski definition) is 4. The lowest BCUT2D eigenvalue weighted by Gasteiger charge is -2.30. The van der Waals surface area contributed by atoms with Crippen molar-refractivity contribution in [3.63, 3.8) is 0 Å². The lowest BCUT2D eigenvalue weighted by Crippen LogP contribution is -2.32. The zero-order valence-electron chi connectivity index (χ0n) is 11.6. The van der Waals surface area contributed by atoms with E-state index < -0.39 is 0 Å². The van der Waals surface area contributed by atoms with Crippen LogP contribution in [0, 0.1) is 29.6 Å². The highest BCUT2D eigenvalue weighted by molar-refractivity contribution is 5.74. The minimum absolute atomic E-state index is 0.0748. The van der Waals surface area contributed by atoms with Crippen LogP contribution in [-0.4, -0.2) is 24.6 Å². The predicted molar refractivity (Wildman–Crippen MR) is 68.1 cm³/mol. The molecule has 2 aliphatic carbocycles. The summed E-state index contributed by atoms with van der Waals surface area (Å²) in [6.07, 6.45) is 3.08. The van der Waals surface area contributed by atoms with E-state index in [0.29, 0.717) is 30.6 Å². The van der Waals surface area contributed by atoms with Crippen LogP contribution in [0.15, 0.2) is 0 Å². The largest absolute Gasteiger partial charge is 0.462 e. The fraction of sp³-hybridized carbons (Fsp3) is 0.867. The third kappa shape index (κ3) is 2.26. The quantitative estimate of drug-likeness (QED) is 0.735. The number of rotatable bonds is 3. The van der Waals surface area contributed by atoms with Crippen LogP contribution in [0.4, 0.5) is 0 Å². The number of cyclic esters (lactones) is 1. The summed E-state index contributed by atoms with van der Waals surface area (Å²) < 4.78 is 10.4. The van der Waals surface area contributed by atoms with Crippen LogP contribution in [0.3, 0.4) is 0 Å². The topological polar surface area (TPSA) is 52.6 Å². The molecule has 106 valence electrons. The second-order valence-electron chi connectivity index (χ2n) is 6.50. The Morgan fingerprint density at radius 1 is 1.32 bits per heavy atom. The number of ether oxygens (including phenoxy) is 2. The number of fused-ring (bicyclic) bond motifs is 2. The van der Waals surface area contributed by atoms with Gasteiger partial charge in [-0.2, -0.15) is 0 Å². The molecular formula is C15H22O4. The molecule has 1 saturated heterocycles. The number of carbonyl (C=O) groups is 2. The summed E-state index contributed by atoms with van der Waals surface area (Å²) in [5.41, 5.74) is 0. The molecule has 1 aliphatic heterocycles. The molecule has 1 heterocycles. The molecule has 3 rings (SSSR count). The Morgan fingerprint density at radius 3 is 2.68 bits per heavy atom. The summed E-state index contributed by atoms with van der Waals surface area (Å²) in [4.78, 5) is 23.1. The molecule has 0 aromatic rings. The van der Waals surface area contributed by atoms with Crippen LogP contribution in [-0.2, 0) is 19.1 Å². The second kappa shape index (κ2) is 4.80. The Morgan fingerprint density at radius 2 is 2.11 bits per heavy atom. The Kier molecular flexibility index (Phi) is 3.27. The van der Waals surface area contributed by atoms with Crippen LogP contribution in [0.5, 0.6) is 0 Å². The fourth-order valence-electron chi connectivity index (χ4n) is 4.19. The summed E-state index contributed by atoms with van der Waals surface area (Å²) in [5, 5.41) is 0. The molecule has 0 N–H and O–H groups in total. The Hall–Kier alpha value is -1.06. The maximum Gasteiger partial charge on any atom is 0.309 e. The minimum Gasteiger partial charge on any atom is -0.462 e. The molecule has 3 fully saturated rings. The maximum absolute atomic E-state index is 12.2. The van der Waals surface area contributed by atoms with Gasteiger partial charge in [0.2, 0.25) is 0 Å². The van der Waals surface area contributed by atoms with Crippen molar-refractivity contribution in [3.8, 4) is 0 Å². The molecular weight excluding hydrogens is 244 g/mol. The van der Waals surface area contributed by atoms with Crippen molar-refractivity contribution >= 4 is 11.9 Å². The van der Waals surface area contributed by atoms with Crippen molar-refractivity contribution in [3.05, 3.63) is 0 Å². The van der Waals surface area contributed by atoms with Crippen LogP contribution in [0.1, 0.15) is 39.5 Å². The zero-order valence-corrected chi connectivity index (χ0v) is 11.6. The van der Waals surface area contributed by atoms with Crippen LogP contribution >= 0.6 is 0 Å². The predicted octanol–water partition coefficient (Wildman–Crippen LogP) is 2.16. The van der Waals surface area contributed by atoms with Gasteiger partial charge in [-0.15, -0.1) is 0 Å². The van der Waals surface area contributed by atoms with E-state index in [1.165, 1.54) is 6.42 Å². The average molecular weight is 266 g/mol. The van der Waals surface area contributed by atoms with Gasteiger partial charge in [0, 0.05) is 6.42 Å². The van der Waals surface area contributed by atoms with Gasteiger partial charge >= 0.3 is 11.9 Å². The maximum atomic E-state index is 12.2. The minimum atomic E-state index is -0.216. The highest BCUT2D eigenvalue weighted by atomic mass is 16.6.